The van der Waals surface area contributed by atoms with Crippen molar-refractivity contribution in [3.05, 3.63) is 59.7 Å². The number of anilines is 1. The summed E-state index contributed by atoms with van der Waals surface area (Å²) in [6.45, 7) is 5.58. The number of fused-ring (bicyclic) bond motifs is 1. The molecule has 2 aliphatic rings. The van der Waals surface area contributed by atoms with Crippen molar-refractivity contribution in [2.75, 3.05) is 51.2 Å². The van der Waals surface area contributed by atoms with Crippen LogP contribution in [0.3, 0.4) is 0 Å². The molecule has 7 nitrogen and oxygen atoms in total. The van der Waals surface area contributed by atoms with Crippen LogP contribution in [0.5, 0.6) is 5.75 Å². The Kier molecular flexibility index (Phi) is 9.22. The van der Waals surface area contributed by atoms with Gasteiger partial charge in [0.25, 0.3) is 0 Å². The summed E-state index contributed by atoms with van der Waals surface area (Å²) in [5.74, 6) is 1.43. The molecular weight excluding hydrogens is 529 g/mol. The zero-order chi connectivity index (χ0) is 22.3. The molecule has 8 heteroatoms. The largest absolute Gasteiger partial charge is 0.506 e. The number of benzene rings is 2. The highest BCUT2D eigenvalue weighted by atomic mass is 127. The molecule has 4 rings (SSSR count). The normalized spacial score (nSPS) is 16.2. The number of nitrogens with zero attached hydrogens (tertiary/aromatic N) is 4. The van der Waals surface area contributed by atoms with Gasteiger partial charge in [-0.15, -0.1) is 24.0 Å². The standard InChI is InChI=1S/C25H33N5O2.HI/c1-26-25(29-17-15-28(16-18-29)22-9-4-5-10-23(22)31)27-13-6-11-24(32)30-14-12-20-7-2-3-8-21(20)19-30;/h2-5,7-10,31H,6,11-19H2,1H3,(H,26,27);1H. The number of aliphatic imine (C=N–C) groups is 1. The van der Waals surface area contributed by atoms with Gasteiger partial charge in [-0.3, -0.25) is 9.79 Å². The summed E-state index contributed by atoms with van der Waals surface area (Å²) in [6.07, 6.45) is 2.28. The number of rotatable bonds is 5. The fourth-order valence-corrected chi connectivity index (χ4v) is 4.53. The second-order valence-electron chi connectivity index (χ2n) is 8.37. The molecule has 1 saturated heterocycles. The van der Waals surface area contributed by atoms with Gasteiger partial charge in [-0.1, -0.05) is 36.4 Å². The van der Waals surface area contributed by atoms with Gasteiger partial charge in [-0.25, -0.2) is 0 Å². The van der Waals surface area contributed by atoms with Gasteiger partial charge in [0, 0.05) is 59.3 Å². The highest BCUT2D eigenvalue weighted by molar-refractivity contribution is 14.0. The van der Waals surface area contributed by atoms with Crippen molar-refractivity contribution >= 4 is 41.5 Å². The fourth-order valence-electron chi connectivity index (χ4n) is 4.53. The minimum atomic E-state index is 0. The molecule has 33 heavy (non-hydrogen) atoms. The van der Waals surface area contributed by atoms with Crippen LogP contribution in [-0.4, -0.2) is 73.1 Å². The van der Waals surface area contributed by atoms with E-state index >= 15 is 0 Å². The van der Waals surface area contributed by atoms with Gasteiger partial charge < -0.3 is 25.1 Å². The zero-order valence-corrected chi connectivity index (χ0v) is 21.6. The van der Waals surface area contributed by atoms with Crippen molar-refractivity contribution in [1.29, 1.82) is 0 Å². The van der Waals surface area contributed by atoms with Gasteiger partial charge in [0.2, 0.25) is 5.91 Å². The first-order valence-corrected chi connectivity index (χ1v) is 11.5. The number of phenols is 1. The van der Waals surface area contributed by atoms with Crippen LogP contribution < -0.4 is 10.2 Å². The topological polar surface area (TPSA) is 71.4 Å². The molecule has 2 aliphatic heterocycles. The number of hydrogen-bond acceptors (Lipinski definition) is 4. The van der Waals surface area contributed by atoms with E-state index in [1.807, 2.05) is 29.2 Å². The van der Waals surface area contributed by atoms with Crippen LogP contribution >= 0.6 is 24.0 Å². The molecule has 1 fully saturated rings. The zero-order valence-electron chi connectivity index (χ0n) is 19.2. The number of aromatic hydroxyl groups is 1. The number of guanidine groups is 1. The van der Waals surface area contributed by atoms with Gasteiger partial charge in [-0.2, -0.15) is 0 Å². The third-order valence-corrected chi connectivity index (χ3v) is 6.35. The van der Waals surface area contributed by atoms with Gasteiger partial charge in [0.15, 0.2) is 5.96 Å². The molecule has 2 aromatic rings. The number of hydrogen-bond donors (Lipinski definition) is 2. The predicted octanol–water partition coefficient (Wildman–Crippen LogP) is 3.07. The summed E-state index contributed by atoms with van der Waals surface area (Å²) in [5.41, 5.74) is 3.52. The van der Waals surface area contributed by atoms with Crippen LogP contribution in [0.2, 0.25) is 0 Å². The highest BCUT2D eigenvalue weighted by Gasteiger charge is 2.22. The Bertz CT molecular complexity index is 959. The second-order valence-corrected chi connectivity index (χ2v) is 8.37. The van der Waals surface area contributed by atoms with Gasteiger partial charge in [-0.05, 0) is 36.1 Å². The van der Waals surface area contributed by atoms with E-state index in [2.05, 4.69) is 38.3 Å². The first-order chi connectivity index (χ1) is 15.7. The Morgan fingerprint density at radius 2 is 1.67 bits per heavy atom. The summed E-state index contributed by atoms with van der Waals surface area (Å²) in [6, 6.07) is 15.9. The Morgan fingerprint density at radius 1 is 0.970 bits per heavy atom. The third kappa shape index (κ3) is 6.31. The van der Waals surface area contributed by atoms with Crippen molar-refractivity contribution in [3.63, 3.8) is 0 Å². The number of carbonyl (C=O) groups excluding carboxylic acids is 1. The van der Waals surface area contributed by atoms with Crippen LogP contribution in [-0.2, 0) is 17.8 Å². The molecule has 0 spiro atoms. The van der Waals surface area contributed by atoms with E-state index < -0.39 is 0 Å². The van der Waals surface area contributed by atoms with Gasteiger partial charge >= 0.3 is 0 Å². The van der Waals surface area contributed by atoms with Crippen molar-refractivity contribution < 1.29 is 9.90 Å². The summed E-state index contributed by atoms with van der Waals surface area (Å²) in [4.78, 5) is 23.5. The van der Waals surface area contributed by atoms with E-state index in [0.29, 0.717) is 12.2 Å². The maximum atomic E-state index is 12.7. The number of nitrogens with one attached hydrogen (secondary N) is 1. The molecule has 0 aliphatic carbocycles. The van der Waals surface area contributed by atoms with Gasteiger partial charge in [0.1, 0.15) is 5.75 Å². The molecule has 0 unspecified atom stereocenters. The lowest BCUT2D eigenvalue weighted by Gasteiger charge is -2.37. The summed E-state index contributed by atoms with van der Waals surface area (Å²) in [5, 5.41) is 13.5. The number of para-hydroxylation sites is 2. The maximum absolute atomic E-state index is 12.7. The molecule has 0 radical (unpaired) electrons. The second kappa shape index (κ2) is 12.1. The lowest BCUT2D eigenvalue weighted by molar-refractivity contribution is -0.132. The quantitative estimate of drug-likeness (QED) is 0.253. The Hall–Kier alpha value is -2.49. The molecule has 1 amide bonds. The van der Waals surface area contributed by atoms with E-state index in [0.717, 1.165) is 70.3 Å². The van der Waals surface area contributed by atoms with Gasteiger partial charge in [0.05, 0.1) is 5.69 Å². The minimum absolute atomic E-state index is 0. The van der Waals surface area contributed by atoms with E-state index in [4.69, 9.17) is 0 Å². The van der Waals surface area contributed by atoms with E-state index in [-0.39, 0.29) is 29.9 Å². The number of amides is 1. The Labute approximate surface area is 213 Å². The molecule has 2 N–H and O–H groups in total. The predicted molar refractivity (Wildman–Crippen MR) is 143 cm³/mol. The molecule has 0 bridgehead atoms. The van der Waals surface area contributed by atoms with E-state index in [1.165, 1.54) is 11.1 Å². The molecule has 0 saturated carbocycles. The van der Waals surface area contributed by atoms with Crippen molar-refractivity contribution in [2.45, 2.75) is 25.8 Å². The number of halogens is 1. The van der Waals surface area contributed by atoms with Crippen LogP contribution in [0, 0.1) is 0 Å². The summed E-state index contributed by atoms with van der Waals surface area (Å²) in [7, 11) is 1.80. The van der Waals surface area contributed by atoms with Crippen molar-refractivity contribution in [3.8, 4) is 5.75 Å². The molecule has 2 heterocycles. The number of phenolic OH excluding ortho intramolecular Hbond substituents is 1. The van der Waals surface area contributed by atoms with Crippen molar-refractivity contribution in [2.24, 2.45) is 4.99 Å². The molecule has 0 aromatic heterocycles. The first kappa shape index (κ1) is 25.1. The van der Waals surface area contributed by atoms with Crippen LogP contribution in [0.25, 0.3) is 0 Å². The average Bonchev–Trinajstić information content (AvgIpc) is 2.84. The van der Waals surface area contributed by atoms with E-state index in [1.54, 1.807) is 13.1 Å². The van der Waals surface area contributed by atoms with Crippen LogP contribution in [0.4, 0.5) is 5.69 Å². The SMILES string of the molecule is CN=C(NCCCC(=O)N1CCc2ccccc2C1)N1CCN(c2ccccc2O)CC1.I. The van der Waals surface area contributed by atoms with E-state index in [9.17, 15) is 9.90 Å². The number of piperazine rings is 1. The summed E-state index contributed by atoms with van der Waals surface area (Å²) < 4.78 is 0. The fraction of sp³-hybridized carbons (Fsp3) is 0.440. The average molecular weight is 563 g/mol. The maximum Gasteiger partial charge on any atom is 0.222 e. The Morgan fingerprint density at radius 3 is 2.39 bits per heavy atom. The number of carbonyl (C=O) groups is 1. The molecular formula is C25H34IN5O2. The Balaban J connectivity index is 0.00000306. The lowest BCUT2D eigenvalue weighted by Crippen LogP contribution is -2.52. The molecule has 2 aromatic carbocycles. The smallest absolute Gasteiger partial charge is 0.222 e. The third-order valence-electron chi connectivity index (χ3n) is 6.35. The molecule has 178 valence electrons. The van der Waals surface area contributed by atoms with Crippen molar-refractivity contribution in [1.82, 2.24) is 15.1 Å². The lowest BCUT2D eigenvalue weighted by atomic mass is 9.99. The molecule has 0 atom stereocenters. The summed E-state index contributed by atoms with van der Waals surface area (Å²) >= 11 is 0. The monoisotopic (exact) mass is 563 g/mol. The first-order valence-electron chi connectivity index (χ1n) is 11.5. The van der Waals surface area contributed by atoms with Crippen LogP contribution in [0.15, 0.2) is 53.5 Å². The highest BCUT2D eigenvalue weighted by Crippen LogP contribution is 2.27. The minimum Gasteiger partial charge on any atom is -0.506 e. The van der Waals surface area contributed by atoms with Crippen LogP contribution in [0.1, 0.15) is 24.0 Å².